The molecule has 2 aromatic rings. The minimum absolute atomic E-state index is 0.623. The van der Waals surface area contributed by atoms with E-state index in [2.05, 4.69) is 35.7 Å². The molecule has 2 aromatic carbocycles. The summed E-state index contributed by atoms with van der Waals surface area (Å²) in [5.74, 6) is 0.725. The highest BCUT2D eigenvalue weighted by molar-refractivity contribution is 6.30. The topological polar surface area (TPSA) is 35.8 Å². The Morgan fingerprint density at radius 3 is 2.75 bits per heavy atom. The predicted octanol–water partition coefficient (Wildman–Crippen LogP) is 4.70. The van der Waals surface area contributed by atoms with Gasteiger partial charge >= 0.3 is 0 Å². The number of hydrogen-bond acceptors (Lipinski definition) is 2. The molecule has 1 aliphatic carbocycles. The van der Waals surface area contributed by atoms with Crippen LogP contribution in [0.5, 0.6) is 0 Å². The molecule has 1 saturated carbocycles. The van der Waals surface area contributed by atoms with Crippen LogP contribution in [0.4, 0.5) is 5.69 Å². The summed E-state index contributed by atoms with van der Waals surface area (Å²) in [6, 6.07) is 16.0. The van der Waals surface area contributed by atoms with Crippen molar-refractivity contribution in [2.75, 3.05) is 5.32 Å². The van der Waals surface area contributed by atoms with E-state index < -0.39 is 0 Å². The minimum Gasteiger partial charge on any atom is -0.380 e. The third kappa shape index (κ3) is 2.79. The molecule has 0 radical (unpaired) electrons. The second-order valence-corrected chi connectivity index (χ2v) is 5.56. The minimum atomic E-state index is 0.623. The maximum Gasteiger partial charge on any atom is 0.101 e. The number of nitrogens with one attached hydrogen (secondary N) is 1. The molecule has 0 aromatic heterocycles. The molecule has 100 valence electrons. The zero-order valence-corrected chi connectivity index (χ0v) is 11.8. The molecule has 1 fully saturated rings. The van der Waals surface area contributed by atoms with Crippen molar-refractivity contribution in [2.45, 2.75) is 25.3 Å². The molecule has 0 bridgehead atoms. The van der Waals surface area contributed by atoms with Gasteiger partial charge in [-0.1, -0.05) is 35.9 Å². The van der Waals surface area contributed by atoms with Crippen LogP contribution in [0.2, 0.25) is 5.02 Å². The lowest BCUT2D eigenvalue weighted by molar-refractivity contribution is 1.03. The quantitative estimate of drug-likeness (QED) is 0.882. The molecule has 0 spiro atoms. The zero-order chi connectivity index (χ0) is 13.9. The van der Waals surface area contributed by atoms with E-state index in [1.807, 2.05) is 0 Å². The zero-order valence-electron chi connectivity index (χ0n) is 11.1. The molecule has 0 aliphatic heterocycles. The fourth-order valence-corrected chi connectivity index (χ4v) is 2.61. The van der Waals surface area contributed by atoms with E-state index >= 15 is 0 Å². The second-order valence-electron chi connectivity index (χ2n) is 5.13. The number of rotatable bonds is 4. The summed E-state index contributed by atoms with van der Waals surface area (Å²) >= 11 is 6.00. The highest BCUT2D eigenvalue weighted by Gasteiger charge is 2.25. The van der Waals surface area contributed by atoms with Gasteiger partial charge in [0.1, 0.15) is 6.07 Å². The Balaban J connectivity index is 1.80. The highest BCUT2D eigenvalue weighted by atomic mass is 35.5. The van der Waals surface area contributed by atoms with Gasteiger partial charge in [0.05, 0.1) is 11.3 Å². The molecular formula is C17H15ClN2. The van der Waals surface area contributed by atoms with Gasteiger partial charge in [0.15, 0.2) is 0 Å². The van der Waals surface area contributed by atoms with E-state index in [1.54, 1.807) is 18.2 Å². The lowest BCUT2D eigenvalue weighted by Gasteiger charge is -2.12. The molecule has 0 unspecified atom stereocenters. The van der Waals surface area contributed by atoms with Crippen LogP contribution in [-0.2, 0) is 6.54 Å². The standard InChI is InChI=1S/C17H15ClN2/c18-15-8-7-13(10-19)17(9-15)20-11-14-3-1-2-4-16(14)12-5-6-12/h1-4,7-9,12,20H,5-6,11H2. The Bertz CT molecular complexity index is 669. The number of nitriles is 1. The third-order valence-corrected chi connectivity index (χ3v) is 3.88. The number of hydrogen-bond donors (Lipinski definition) is 1. The van der Waals surface area contributed by atoms with Crippen molar-refractivity contribution in [3.05, 3.63) is 64.2 Å². The summed E-state index contributed by atoms with van der Waals surface area (Å²) in [5.41, 5.74) is 4.16. The van der Waals surface area contributed by atoms with Crippen LogP contribution in [0.15, 0.2) is 42.5 Å². The summed E-state index contributed by atoms with van der Waals surface area (Å²) < 4.78 is 0. The van der Waals surface area contributed by atoms with Gasteiger partial charge in [-0.3, -0.25) is 0 Å². The van der Waals surface area contributed by atoms with Crippen molar-refractivity contribution >= 4 is 17.3 Å². The number of benzene rings is 2. The first-order valence-corrected chi connectivity index (χ1v) is 7.17. The third-order valence-electron chi connectivity index (χ3n) is 3.64. The molecular weight excluding hydrogens is 268 g/mol. The number of halogens is 1. The summed E-state index contributed by atoms with van der Waals surface area (Å²) in [5, 5.41) is 13.1. The van der Waals surface area contributed by atoms with Crippen molar-refractivity contribution in [1.29, 1.82) is 5.26 Å². The smallest absolute Gasteiger partial charge is 0.101 e. The first-order chi connectivity index (χ1) is 9.78. The van der Waals surface area contributed by atoms with Gasteiger partial charge in [0.2, 0.25) is 0 Å². The van der Waals surface area contributed by atoms with Crippen LogP contribution in [0.1, 0.15) is 35.4 Å². The van der Waals surface area contributed by atoms with Gasteiger partial charge in [0, 0.05) is 11.6 Å². The van der Waals surface area contributed by atoms with Crippen molar-refractivity contribution in [3.63, 3.8) is 0 Å². The van der Waals surface area contributed by atoms with Crippen LogP contribution in [0.25, 0.3) is 0 Å². The Hall–Kier alpha value is -1.98. The summed E-state index contributed by atoms with van der Waals surface area (Å²) in [4.78, 5) is 0. The van der Waals surface area contributed by atoms with Crippen LogP contribution >= 0.6 is 11.6 Å². The molecule has 0 saturated heterocycles. The molecule has 2 nitrogen and oxygen atoms in total. The van der Waals surface area contributed by atoms with E-state index in [1.165, 1.54) is 24.0 Å². The Labute approximate surface area is 124 Å². The van der Waals surface area contributed by atoms with Gasteiger partial charge < -0.3 is 5.32 Å². The molecule has 3 rings (SSSR count). The fraction of sp³-hybridized carbons (Fsp3) is 0.235. The summed E-state index contributed by atoms with van der Waals surface area (Å²) in [6.07, 6.45) is 2.58. The first kappa shape index (κ1) is 13.0. The van der Waals surface area contributed by atoms with Gasteiger partial charge in [-0.15, -0.1) is 0 Å². The number of anilines is 1. The van der Waals surface area contributed by atoms with Gasteiger partial charge in [0.25, 0.3) is 0 Å². The molecule has 3 heteroatoms. The van der Waals surface area contributed by atoms with Crippen molar-refractivity contribution in [3.8, 4) is 6.07 Å². The number of nitrogens with zero attached hydrogens (tertiary/aromatic N) is 1. The lowest BCUT2D eigenvalue weighted by Crippen LogP contribution is -2.03. The normalized spacial score (nSPS) is 13.8. The van der Waals surface area contributed by atoms with Crippen molar-refractivity contribution in [1.82, 2.24) is 0 Å². The summed E-state index contributed by atoms with van der Waals surface area (Å²) in [6.45, 7) is 0.724. The van der Waals surface area contributed by atoms with Crippen molar-refractivity contribution < 1.29 is 0 Å². The van der Waals surface area contributed by atoms with Gasteiger partial charge in [-0.2, -0.15) is 5.26 Å². The second kappa shape index (κ2) is 5.56. The molecule has 1 aliphatic rings. The van der Waals surface area contributed by atoms with Gasteiger partial charge in [-0.25, -0.2) is 0 Å². The molecule has 0 heterocycles. The SMILES string of the molecule is N#Cc1ccc(Cl)cc1NCc1ccccc1C1CC1. The monoisotopic (exact) mass is 282 g/mol. The molecule has 0 amide bonds. The maximum atomic E-state index is 9.13. The molecule has 0 atom stereocenters. The Morgan fingerprint density at radius 1 is 1.20 bits per heavy atom. The van der Waals surface area contributed by atoms with Crippen LogP contribution < -0.4 is 5.32 Å². The first-order valence-electron chi connectivity index (χ1n) is 6.79. The summed E-state index contributed by atoms with van der Waals surface area (Å²) in [7, 11) is 0. The lowest BCUT2D eigenvalue weighted by atomic mass is 10.0. The van der Waals surface area contributed by atoms with E-state index in [-0.39, 0.29) is 0 Å². The highest BCUT2D eigenvalue weighted by Crippen LogP contribution is 2.41. The Kier molecular flexibility index (Phi) is 3.62. The Morgan fingerprint density at radius 2 is 2.00 bits per heavy atom. The van der Waals surface area contributed by atoms with E-state index in [4.69, 9.17) is 16.9 Å². The van der Waals surface area contributed by atoms with Crippen LogP contribution in [0.3, 0.4) is 0 Å². The maximum absolute atomic E-state index is 9.13. The van der Waals surface area contributed by atoms with Gasteiger partial charge in [-0.05, 0) is 48.1 Å². The average Bonchev–Trinajstić information content (AvgIpc) is 3.30. The average molecular weight is 283 g/mol. The van der Waals surface area contributed by atoms with E-state index in [9.17, 15) is 0 Å². The van der Waals surface area contributed by atoms with E-state index in [0.717, 1.165) is 18.2 Å². The predicted molar refractivity (Wildman–Crippen MR) is 81.9 cm³/mol. The fourth-order valence-electron chi connectivity index (χ4n) is 2.44. The molecule has 20 heavy (non-hydrogen) atoms. The van der Waals surface area contributed by atoms with Crippen molar-refractivity contribution in [2.24, 2.45) is 0 Å². The largest absolute Gasteiger partial charge is 0.380 e. The van der Waals surface area contributed by atoms with Crippen LogP contribution in [0, 0.1) is 11.3 Å². The van der Waals surface area contributed by atoms with Crippen LogP contribution in [-0.4, -0.2) is 0 Å². The molecule has 1 N–H and O–H groups in total. The van der Waals surface area contributed by atoms with E-state index in [0.29, 0.717) is 10.6 Å².